The summed E-state index contributed by atoms with van der Waals surface area (Å²) in [7, 11) is 1.68. The first-order valence-electron chi connectivity index (χ1n) is 7.89. The van der Waals surface area contributed by atoms with Crippen LogP contribution >= 0.6 is 0 Å². The molecule has 0 bridgehead atoms. The van der Waals surface area contributed by atoms with Crippen molar-refractivity contribution in [1.29, 1.82) is 0 Å². The number of benzene rings is 1. The zero-order valence-corrected chi connectivity index (χ0v) is 13.7. The Balaban J connectivity index is 1.93. The summed E-state index contributed by atoms with van der Waals surface area (Å²) in [6.45, 7) is 7.10. The second-order valence-electron chi connectivity index (χ2n) is 5.70. The summed E-state index contributed by atoms with van der Waals surface area (Å²) >= 11 is 0. The van der Waals surface area contributed by atoms with Gasteiger partial charge in [0, 0.05) is 50.9 Å². The topological polar surface area (TPSA) is 50.8 Å². The van der Waals surface area contributed by atoms with Crippen LogP contribution in [0.2, 0.25) is 0 Å². The Labute approximate surface area is 132 Å². The van der Waals surface area contributed by atoms with Gasteiger partial charge in [-0.25, -0.2) is 0 Å². The molecule has 5 heteroatoms. The number of ether oxygens (including phenoxy) is 2. The third-order valence-corrected chi connectivity index (χ3v) is 4.16. The van der Waals surface area contributed by atoms with Gasteiger partial charge in [0.15, 0.2) is 0 Å². The molecule has 5 nitrogen and oxygen atoms in total. The molecule has 1 aromatic rings. The average Bonchev–Trinajstić information content (AvgIpc) is 2.54. The smallest absolute Gasteiger partial charge is 0.254 e. The van der Waals surface area contributed by atoms with Crippen LogP contribution < -0.4 is 10.1 Å². The largest absolute Gasteiger partial charge is 0.494 e. The van der Waals surface area contributed by atoms with E-state index in [4.69, 9.17) is 9.47 Å². The molecule has 1 aromatic carbocycles. The van der Waals surface area contributed by atoms with Crippen LogP contribution in [0.1, 0.15) is 30.6 Å². The number of methoxy groups -OCH3 is 1. The van der Waals surface area contributed by atoms with Gasteiger partial charge in [-0.05, 0) is 38.1 Å². The van der Waals surface area contributed by atoms with Gasteiger partial charge in [0.1, 0.15) is 5.75 Å². The molecule has 1 heterocycles. The van der Waals surface area contributed by atoms with Crippen LogP contribution in [-0.4, -0.2) is 56.3 Å². The fraction of sp³-hybridized carbons (Fsp3) is 0.588. The number of carbonyl (C=O) groups is 1. The number of nitrogens with zero attached hydrogens (tertiary/aromatic N) is 1. The Kier molecular flexibility index (Phi) is 6.21. The fourth-order valence-corrected chi connectivity index (χ4v) is 2.60. The zero-order valence-electron chi connectivity index (χ0n) is 13.7. The van der Waals surface area contributed by atoms with Crippen molar-refractivity contribution in [3.63, 3.8) is 0 Å². The maximum Gasteiger partial charge on any atom is 0.254 e. The van der Waals surface area contributed by atoms with Crippen molar-refractivity contribution in [1.82, 2.24) is 10.2 Å². The van der Waals surface area contributed by atoms with Crippen LogP contribution in [0.25, 0.3) is 0 Å². The summed E-state index contributed by atoms with van der Waals surface area (Å²) in [4.78, 5) is 14.5. The van der Waals surface area contributed by atoms with Gasteiger partial charge in [0.05, 0.1) is 6.61 Å². The van der Waals surface area contributed by atoms with Crippen LogP contribution in [0, 0.1) is 0 Å². The van der Waals surface area contributed by atoms with Gasteiger partial charge >= 0.3 is 0 Å². The third-order valence-electron chi connectivity index (χ3n) is 4.16. The van der Waals surface area contributed by atoms with Gasteiger partial charge in [-0.1, -0.05) is 0 Å². The number of hydrogen-bond acceptors (Lipinski definition) is 4. The van der Waals surface area contributed by atoms with E-state index in [9.17, 15) is 4.79 Å². The summed E-state index contributed by atoms with van der Waals surface area (Å²) in [6.07, 6.45) is 0.855. The highest BCUT2D eigenvalue weighted by Crippen LogP contribution is 2.17. The van der Waals surface area contributed by atoms with Gasteiger partial charge in [-0.3, -0.25) is 4.79 Å². The molecule has 1 aliphatic heterocycles. The first kappa shape index (κ1) is 16.8. The van der Waals surface area contributed by atoms with E-state index >= 15 is 0 Å². The first-order valence-corrected chi connectivity index (χ1v) is 7.89. The zero-order chi connectivity index (χ0) is 15.9. The van der Waals surface area contributed by atoms with Gasteiger partial charge in [0.25, 0.3) is 5.91 Å². The molecule has 1 N–H and O–H groups in total. The summed E-state index contributed by atoms with van der Waals surface area (Å²) in [5, 5.41) is 3.39. The molecular weight excluding hydrogens is 280 g/mol. The monoisotopic (exact) mass is 306 g/mol. The average molecular weight is 306 g/mol. The fourth-order valence-electron chi connectivity index (χ4n) is 2.60. The highest BCUT2D eigenvalue weighted by Gasteiger charge is 2.28. The lowest BCUT2D eigenvalue weighted by Crippen LogP contribution is -2.57. The standard InChI is InChI=1S/C17H26N2O3/c1-13-14(2)19(10-9-18-13)17(20)15-5-7-16(8-6-15)22-12-4-11-21-3/h5-8,13-14,18H,4,9-12H2,1-3H3. The minimum absolute atomic E-state index is 0.0896. The highest BCUT2D eigenvalue weighted by atomic mass is 16.5. The molecule has 1 saturated heterocycles. The number of carbonyl (C=O) groups excluding carboxylic acids is 1. The van der Waals surface area contributed by atoms with Gasteiger partial charge in [-0.15, -0.1) is 0 Å². The van der Waals surface area contributed by atoms with E-state index in [2.05, 4.69) is 19.2 Å². The molecule has 0 spiro atoms. The number of piperazine rings is 1. The Morgan fingerprint density at radius 3 is 2.68 bits per heavy atom. The number of rotatable bonds is 6. The van der Waals surface area contributed by atoms with E-state index in [1.54, 1.807) is 7.11 Å². The molecule has 22 heavy (non-hydrogen) atoms. The second kappa shape index (κ2) is 8.15. The lowest BCUT2D eigenvalue weighted by atomic mass is 10.1. The van der Waals surface area contributed by atoms with Crippen LogP contribution in [-0.2, 0) is 4.74 Å². The predicted molar refractivity (Wildman–Crippen MR) is 86.4 cm³/mol. The third kappa shape index (κ3) is 4.21. The SMILES string of the molecule is COCCCOc1ccc(C(=O)N2CCNC(C)C2C)cc1. The predicted octanol–water partition coefficient (Wildman–Crippen LogP) is 1.92. The summed E-state index contributed by atoms with van der Waals surface area (Å²) in [5.74, 6) is 0.876. The van der Waals surface area contributed by atoms with Crippen molar-refractivity contribution >= 4 is 5.91 Å². The van der Waals surface area contributed by atoms with Crippen molar-refractivity contribution < 1.29 is 14.3 Å². The summed E-state index contributed by atoms with van der Waals surface area (Å²) in [5.41, 5.74) is 0.713. The molecule has 0 aliphatic carbocycles. The molecule has 122 valence electrons. The van der Waals surface area contributed by atoms with Crippen LogP contribution in [0.4, 0.5) is 0 Å². The van der Waals surface area contributed by atoms with Crippen molar-refractivity contribution in [3.8, 4) is 5.75 Å². The number of nitrogens with one attached hydrogen (secondary N) is 1. The quantitative estimate of drug-likeness (QED) is 0.816. The summed E-state index contributed by atoms with van der Waals surface area (Å²) < 4.78 is 10.6. The molecule has 2 rings (SSSR count). The van der Waals surface area contributed by atoms with Crippen LogP contribution in [0.15, 0.2) is 24.3 Å². The molecule has 0 saturated carbocycles. The Hall–Kier alpha value is -1.59. The van der Waals surface area contributed by atoms with E-state index in [-0.39, 0.29) is 11.9 Å². The first-order chi connectivity index (χ1) is 10.6. The maximum atomic E-state index is 12.6. The molecule has 0 aromatic heterocycles. The molecular formula is C17H26N2O3. The normalized spacial score (nSPS) is 21.7. The number of amides is 1. The molecule has 2 unspecified atom stereocenters. The second-order valence-corrected chi connectivity index (χ2v) is 5.70. The molecule has 1 fully saturated rings. The van der Waals surface area contributed by atoms with Crippen molar-refractivity contribution in [2.45, 2.75) is 32.4 Å². The molecule has 1 amide bonds. The lowest BCUT2D eigenvalue weighted by molar-refractivity contribution is 0.0603. The Bertz CT molecular complexity index is 475. The van der Waals surface area contributed by atoms with Crippen molar-refractivity contribution in [3.05, 3.63) is 29.8 Å². The minimum Gasteiger partial charge on any atom is -0.494 e. The number of hydrogen-bond donors (Lipinski definition) is 1. The Morgan fingerprint density at radius 1 is 1.27 bits per heavy atom. The minimum atomic E-state index is 0.0896. The Morgan fingerprint density at radius 2 is 2.00 bits per heavy atom. The van der Waals surface area contributed by atoms with Crippen molar-refractivity contribution in [2.75, 3.05) is 33.4 Å². The van der Waals surface area contributed by atoms with E-state index in [0.29, 0.717) is 24.8 Å². The van der Waals surface area contributed by atoms with Crippen molar-refractivity contribution in [2.24, 2.45) is 0 Å². The van der Waals surface area contributed by atoms with E-state index in [0.717, 1.165) is 25.3 Å². The van der Waals surface area contributed by atoms with E-state index < -0.39 is 0 Å². The van der Waals surface area contributed by atoms with Gasteiger partial charge in [0.2, 0.25) is 0 Å². The van der Waals surface area contributed by atoms with E-state index in [1.165, 1.54) is 0 Å². The van der Waals surface area contributed by atoms with E-state index in [1.807, 2.05) is 29.2 Å². The molecule has 0 radical (unpaired) electrons. The van der Waals surface area contributed by atoms with Crippen LogP contribution in [0.3, 0.4) is 0 Å². The lowest BCUT2D eigenvalue weighted by Gasteiger charge is -2.38. The maximum absolute atomic E-state index is 12.6. The molecule has 1 aliphatic rings. The van der Waals surface area contributed by atoms with Gasteiger partial charge in [-0.2, -0.15) is 0 Å². The highest BCUT2D eigenvalue weighted by molar-refractivity contribution is 5.94. The summed E-state index contributed by atoms with van der Waals surface area (Å²) in [6, 6.07) is 7.92. The molecule has 2 atom stereocenters. The van der Waals surface area contributed by atoms with Gasteiger partial charge < -0.3 is 19.7 Å². The van der Waals surface area contributed by atoms with Crippen LogP contribution in [0.5, 0.6) is 5.75 Å².